The van der Waals surface area contributed by atoms with Crippen LogP contribution < -0.4 is 0 Å². The third-order valence-electron chi connectivity index (χ3n) is 2.20. The van der Waals surface area contributed by atoms with Gasteiger partial charge in [0.1, 0.15) is 12.4 Å². The Morgan fingerprint density at radius 3 is 2.47 bits per heavy atom. The molecule has 0 aliphatic heterocycles. The minimum absolute atomic E-state index is 0.342. The van der Waals surface area contributed by atoms with E-state index in [1.54, 1.807) is 0 Å². The molecule has 6 heteroatoms. The van der Waals surface area contributed by atoms with Gasteiger partial charge in [-0.1, -0.05) is 32.8 Å². The standard InChI is InChI=1S/C11H20O5S/c1-3-4-5-6-7-10(2)11(12)16-8-9-17(13,14)15/h2-9H2,1H3,(H,13,14,15). The van der Waals surface area contributed by atoms with Gasteiger partial charge in [-0.05, 0) is 12.8 Å². The lowest BCUT2D eigenvalue weighted by atomic mass is 10.1. The van der Waals surface area contributed by atoms with Gasteiger partial charge in [0.15, 0.2) is 0 Å². The van der Waals surface area contributed by atoms with Gasteiger partial charge < -0.3 is 4.74 Å². The van der Waals surface area contributed by atoms with Crippen molar-refractivity contribution < 1.29 is 22.5 Å². The first-order chi connectivity index (χ1) is 7.87. The number of rotatable bonds is 9. The lowest BCUT2D eigenvalue weighted by Crippen LogP contribution is -2.15. The summed E-state index contributed by atoms with van der Waals surface area (Å²) < 4.78 is 33.8. The molecule has 0 spiro atoms. The van der Waals surface area contributed by atoms with Crippen molar-refractivity contribution in [3.05, 3.63) is 12.2 Å². The fourth-order valence-corrected chi connectivity index (χ4v) is 1.50. The Hall–Kier alpha value is -0.880. The first-order valence-corrected chi connectivity index (χ1v) is 7.27. The molecule has 17 heavy (non-hydrogen) atoms. The van der Waals surface area contributed by atoms with Crippen molar-refractivity contribution in [2.24, 2.45) is 0 Å². The van der Waals surface area contributed by atoms with Crippen LogP contribution in [0.2, 0.25) is 0 Å². The van der Waals surface area contributed by atoms with E-state index < -0.39 is 21.8 Å². The Morgan fingerprint density at radius 1 is 1.29 bits per heavy atom. The number of unbranched alkanes of at least 4 members (excludes halogenated alkanes) is 3. The molecule has 0 bridgehead atoms. The van der Waals surface area contributed by atoms with E-state index in [1.165, 1.54) is 0 Å². The Bertz CT molecular complexity index is 345. The van der Waals surface area contributed by atoms with Crippen molar-refractivity contribution >= 4 is 16.1 Å². The Morgan fingerprint density at radius 2 is 1.94 bits per heavy atom. The van der Waals surface area contributed by atoms with Crippen LogP contribution in [0.1, 0.15) is 39.0 Å². The fourth-order valence-electron chi connectivity index (χ4n) is 1.21. The van der Waals surface area contributed by atoms with E-state index in [0.717, 1.165) is 25.7 Å². The van der Waals surface area contributed by atoms with Crippen LogP contribution in [0.3, 0.4) is 0 Å². The highest BCUT2D eigenvalue weighted by Gasteiger charge is 2.10. The summed E-state index contributed by atoms with van der Waals surface area (Å²) in [5.41, 5.74) is 0.344. The molecule has 0 aliphatic rings. The highest BCUT2D eigenvalue weighted by Crippen LogP contribution is 2.09. The van der Waals surface area contributed by atoms with Crippen LogP contribution in [0.5, 0.6) is 0 Å². The monoisotopic (exact) mass is 264 g/mol. The molecule has 1 N–H and O–H groups in total. The number of carbonyl (C=O) groups excluding carboxylic acids is 1. The number of esters is 1. The van der Waals surface area contributed by atoms with Gasteiger partial charge in [0.2, 0.25) is 0 Å². The van der Waals surface area contributed by atoms with E-state index >= 15 is 0 Å². The zero-order valence-electron chi connectivity index (χ0n) is 10.1. The molecule has 0 saturated carbocycles. The Balaban J connectivity index is 3.72. The topological polar surface area (TPSA) is 80.7 Å². The van der Waals surface area contributed by atoms with Crippen LogP contribution in [-0.2, 0) is 19.6 Å². The number of hydrogen-bond donors (Lipinski definition) is 1. The molecule has 0 saturated heterocycles. The molecule has 0 amide bonds. The molecule has 0 aliphatic carbocycles. The van der Waals surface area contributed by atoms with Gasteiger partial charge in [-0.3, -0.25) is 4.55 Å². The SMILES string of the molecule is C=C(CCCCCC)C(=O)OCCS(=O)(=O)O. The lowest BCUT2D eigenvalue weighted by Gasteiger charge is -2.06. The average Bonchev–Trinajstić information content (AvgIpc) is 2.22. The van der Waals surface area contributed by atoms with Crippen LogP contribution in [0.15, 0.2) is 12.2 Å². The van der Waals surface area contributed by atoms with Crippen molar-refractivity contribution in [2.45, 2.75) is 39.0 Å². The summed E-state index contributed by atoms with van der Waals surface area (Å²) in [5.74, 6) is -1.17. The lowest BCUT2D eigenvalue weighted by molar-refractivity contribution is -0.138. The van der Waals surface area contributed by atoms with Crippen LogP contribution in [0, 0.1) is 0 Å². The summed E-state index contributed by atoms with van der Waals surface area (Å²) in [6.45, 7) is 5.33. The molecule has 0 aromatic rings. The molecule has 0 rings (SSSR count). The second kappa shape index (κ2) is 8.25. The van der Waals surface area contributed by atoms with E-state index in [9.17, 15) is 13.2 Å². The maximum atomic E-state index is 11.3. The smallest absolute Gasteiger partial charge is 0.333 e. The molecule has 0 aromatic heterocycles. The van der Waals surface area contributed by atoms with Crippen molar-refractivity contribution in [3.8, 4) is 0 Å². The van der Waals surface area contributed by atoms with Gasteiger partial charge >= 0.3 is 5.97 Å². The van der Waals surface area contributed by atoms with Crippen molar-refractivity contribution in [1.82, 2.24) is 0 Å². The first kappa shape index (κ1) is 16.1. The summed E-state index contributed by atoms with van der Waals surface area (Å²) in [6.07, 6.45) is 4.70. The maximum Gasteiger partial charge on any atom is 0.333 e. The zero-order chi connectivity index (χ0) is 13.3. The van der Waals surface area contributed by atoms with Crippen molar-refractivity contribution in [2.75, 3.05) is 12.4 Å². The van der Waals surface area contributed by atoms with E-state index in [4.69, 9.17) is 4.55 Å². The molecule has 0 aromatic carbocycles. The van der Waals surface area contributed by atoms with E-state index in [0.29, 0.717) is 12.0 Å². The molecular weight excluding hydrogens is 244 g/mol. The molecular formula is C11H20O5S. The zero-order valence-corrected chi connectivity index (χ0v) is 11.0. The van der Waals surface area contributed by atoms with Gasteiger partial charge in [-0.25, -0.2) is 4.79 Å². The van der Waals surface area contributed by atoms with Crippen LogP contribution in [0.25, 0.3) is 0 Å². The quantitative estimate of drug-likeness (QED) is 0.298. The van der Waals surface area contributed by atoms with Crippen LogP contribution in [-0.4, -0.2) is 31.3 Å². The normalized spacial score (nSPS) is 11.2. The van der Waals surface area contributed by atoms with Crippen LogP contribution >= 0.6 is 0 Å². The molecule has 5 nitrogen and oxygen atoms in total. The predicted octanol–water partition coefficient (Wildman–Crippen LogP) is 1.94. The van der Waals surface area contributed by atoms with Gasteiger partial charge in [0.25, 0.3) is 10.1 Å². The molecule has 0 radical (unpaired) electrons. The summed E-state index contributed by atoms with van der Waals surface area (Å²) in [5, 5.41) is 0. The summed E-state index contributed by atoms with van der Waals surface area (Å²) >= 11 is 0. The predicted molar refractivity (Wildman–Crippen MR) is 65.3 cm³/mol. The number of ether oxygens (including phenoxy) is 1. The second-order valence-corrected chi connectivity index (χ2v) is 5.41. The maximum absolute atomic E-state index is 11.3. The molecule has 0 fully saturated rings. The second-order valence-electron chi connectivity index (χ2n) is 3.84. The number of hydrogen-bond acceptors (Lipinski definition) is 4. The van der Waals surface area contributed by atoms with E-state index in [2.05, 4.69) is 18.2 Å². The molecule has 0 heterocycles. The third-order valence-corrected chi connectivity index (χ3v) is 2.88. The van der Waals surface area contributed by atoms with Gasteiger partial charge in [-0.2, -0.15) is 8.42 Å². The van der Waals surface area contributed by atoms with Gasteiger partial charge in [-0.15, -0.1) is 0 Å². The Labute approximate surface area is 103 Å². The van der Waals surface area contributed by atoms with Gasteiger partial charge in [0.05, 0.1) is 0 Å². The average molecular weight is 264 g/mol. The summed E-state index contributed by atoms with van der Waals surface area (Å²) in [6, 6.07) is 0. The molecule has 0 atom stereocenters. The number of carbonyl (C=O) groups is 1. The Kier molecular flexibility index (Phi) is 7.82. The molecule has 0 unspecified atom stereocenters. The van der Waals surface area contributed by atoms with E-state index in [-0.39, 0.29) is 6.61 Å². The minimum Gasteiger partial charge on any atom is -0.461 e. The third kappa shape index (κ3) is 10.0. The van der Waals surface area contributed by atoms with Crippen molar-refractivity contribution in [1.29, 1.82) is 0 Å². The largest absolute Gasteiger partial charge is 0.461 e. The highest BCUT2D eigenvalue weighted by molar-refractivity contribution is 7.85. The highest BCUT2D eigenvalue weighted by atomic mass is 32.2. The minimum atomic E-state index is -4.08. The van der Waals surface area contributed by atoms with Crippen LogP contribution in [0.4, 0.5) is 0 Å². The van der Waals surface area contributed by atoms with E-state index in [1.807, 2.05) is 0 Å². The summed E-state index contributed by atoms with van der Waals surface area (Å²) in [4.78, 5) is 11.3. The fraction of sp³-hybridized carbons (Fsp3) is 0.727. The molecule has 100 valence electrons. The summed E-state index contributed by atoms with van der Waals surface area (Å²) in [7, 11) is -4.08. The first-order valence-electron chi connectivity index (χ1n) is 5.67. The van der Waals surface area contributed by atoms with Gasteiger partial charge in [0, 0.05) is 5.57 Å². The van der Waals surface area contributed by atoms with Crippen molar-refractivity contribution in [3.63, 3.8) is 0 Å².